The summed E-state index contributed by atoms with van der Waals surface area (Å²) in [6.07, 6.45) is 5.07. The molecule has 2 aromatic heterocycles. The van der Waals surface area contributed by atoms with E-state index >= 15 is 0 Å². The molecule has 0 saturated carbocycles. The van der Waals surface area contributed by atoms with Crippen molar-refractivity contribution in [2.24, 2.45) is 5.92 Å². The van der Waals surface area contributed by atoms with Gasteiger partial charge in [0.2, 0.25) is 0 Å². The molecule has 1 fully saturated rings. The van der Waals surface area contributed by atoms with Crippen molar-refractivity contribution >= 4 is 0 Å². The van der Waals surface area contributed by atoms with Crippen LogP contribution >= 0.6 is 0 Å². The van der Waals surface area contributed by atoms with Crippen LogP contribution in [-0.4, -0.2) is 33.4 Å². The van der Waals surface area contributed by atoms with Crippen LogP contribution in [0.4, 0.5) is 0 Å². The van der Waals surface area contributed by atoms with Gasteiger partial charge in [-0.3, -0.25) is 5.10 Å². The van der Waals surface area contributed by atoms with Crippen molar-refractivity contribution in [3.05, 3.63) is 17.7 Å². The first-order valence-corrected chi connectivity index (χ1v) is 6.36. The van der Waals surface area contributed by atoms with Crippen LogP contribution in [0.3, 0.4) is 0 Å². The predicted octanol–water partition coefficient (Wildman–Crippen LogP) is 1.31. The summed E-state index contributed by atoms with van der Waals surface area (Å²) in [7, 11) is 0. The molecule has 0 radical (unpaired) electrons. The van der Waals surface area contributed by atoms with E-state index in [1.54, 1.807) is 6.20 Å². The lowest BCUT2D eigenvalue weighted by atomic mass is 9.96. The van der Waals surface area contributed by atoms with Gasteiger partial charge in [0.05, 0.1) is 11.8 Å². The molecule has 0 bridgehead atoms. The smallest absolute Gasteiger partial charge is 0.261 e. The molecule has 0 aromatic carbocycles. The quantitative estimate of drug-likeness (QED) is 0.854. The zero-order valence-electron chi connectivity index (χ0n) is 10.4. The van der Waals surface area contributed by atoms with Crippen molar-refractivity contribution in [1.29, 1.82) is 0 Å². The van der Waals surface area contributed by atoms with Gasteiger partial charge < -0.3 is 9.84 Å². The van der Waals surface area contributed by atoms with Gasteiger partial charge in [-0.1, -0.05) is 5.16 Å². The van der Waals surface area contributed by atoms with Gasteiger partial charge in [-0.15, -0.1) is 0 Å². The second-order valence-electron chi connectivity index (χ2n) is 4.84. The van der Waals surface area contributed by atoms with Crippen LogP contribution in [0.5, 0.6) is 0 Å². The molecule has 2 aromatic rings. The minimum Gasteiger partial charge on any atom is -0.334 e. The standard InChI is InChI=1S/C12H17N5O/c1-8-10(7-14-16-8)12-15-11(17-18-12)5-9-3-2-4-13-6-9/h7,9,13H,2-6H2,1H3,(H,14,16). The van der Waals surface area contributed by atoms with Crippen LogP contribution in [0.15, 0.2) is 10.7 Å². The van der Waals surface area contributed by atoms with E-state index in [1.165, 1.54) is 12.8 Å². The molecular weight excluding hydrogens is 230 g/mol. The molecule has 1 aliphatic rings. The Morgan fingerprint density at radius 2 is 2.44 bits per heavy atom. The zero-order valence-corrected chi connectivity index (χ0v) is 10.4. The summed E-state index contributed by atoms with van der Waals surface area (Å²) in [5, 5.41) is 14.3. The first-order valence-electron chi connectivity index (χ1n) is 6.36. The zero-order chi connectivity index (χ0) is 12.4. The lowest BCUT2D eigenvalue weighted by Crippen LogP contribution is -2.31. The number of aromatic nitrogens is 4. The number of aryl methyl sites for hydroxylation is 1. The first kappa shape index (κ1) is 11.4. The van der Waals surface area contributed by atoms with Gasteiger partial charge in [0.25, 0.3) is 5.89 Å². The Kier molecular flexibility index (Phi) is 3.10. The Balaban J connectivity index is 1.71. The van der Waals surface area contributed by atoms with Crippen LogP contribution < -0.4 is 5.32 Å². The molecule has 3 rings (SSSR count). The third-order valence-electron chi connectivity index (χ3n) is 3.40. The third-order valence-corrected chi connectivity index (χ3v) is 3.40. The van der Waals surface area contributed by atoms with Crippen molar-refractivity contribution < 1.29 is 4.52 Å². The van der Waals surface area contributed by atoms with Gasteiger partial charge in [-0.25, -0.2) is 0 Å². The van der Waals surface area contributed by atoms with E-state index in [1.807, 2.05) is 6.92 Å². The first-order chi connectivity index (χ1) is 8.83. The normalized spacial score (nSPS) is 20.2. The summed E-state index contributed by atoms with van der Waals surface area (Å²) in [6.45, 7) is 4.12. The maximum Gasteiger partial charge on any atom is 0.261 e. The number of aromatic amines is 1. The fourth-order valence-electron chi connectivity index (χ4n) is 2.37. The second kappa shape index (κ2) is 4.89. The molecule has 1 atom stereocenters. The molecule has 6 nitrogen and oxygen atoms in total. The summed E-state index contributed by atoms with van der Waals surface area (Å²) < 4.78 is 5.29. The summed E-state index contributed by atoms with van der Waals surface area (Å²) in [4.78, 5) is 4.44. The van der Waals surface area contributed by atoms with Crippen LogP contribution in [0, 0.1) is 12.8 Å². The molecule has 1 unspecified atom stereocenters. The molecule has 1 saturated heterocycles. The SMILES string of the molecule is Cc1[nH]ncc1-c1nc(CC2CCCNC2)no1. The number of hydrogen-bond donors (Lipinski definition) is 2. The van der Waals surface area contributed by atoms with Crippen LogP contribution in [0.1, 0.15) is 24.4 Å². The van der Waals surface area contributed by atoms with Gasteiger partial charge >= 0.3 is 0 Å². The average Bonchev–Trinajstić information content (AvgIpc) is 2.99. The molecule has 0 spiro atoms. The fourth-order valence-corrected chi connectivity index (χ4v) is 2.37. The van der Waals surface area contributed by atoms with Crippen molar-refractivity contribution in [2.45, 2.75) is 26.2 Å². The highest BCUT2D eigenvalue weighted by Crippen LogP contribution is 2.21. The lowest BCUT2D eigenvalue weighted by molar-refractivity contribution is 0.360. The Morgan fingerprint density at radius 1 is 1.50 bits per heavy atom. The van der Waals surface area contributed by atoms with Gasteiger partial charge in [-0.2, -0.15) is 10.1 Å². The fraction of sp³-hybridized carbons (Fsp3) is 0.583. The Bertz CT molecular complexity index is 512. The minimum absolute atomic E-state index is 0.556. The average molecular weight is 247 g/mol. The van der Waals surface area contributed by atoms with Crippen molar-refractivity contribution in [2.75, 3.05) is 13.1 Å². The minimum atomic E-state index is 0.556. The maximum absolute atomic E-state index is 5.29. The van der Waals surface area contributed by atoms with E-state index in [0.717, 1.165) is 36.6 Å². The van der Waals surface area contributed by atoms with E-state index in [9.17, 15) is 0 Å². The van der Waals surface area contributed by atoms with E-state index in [-0.39, 0.29) is 0 Å². The molecular formula is C12H17N5O. The van der Waals surface area contributed by atoms with E-state index in [2.05, 4.69) is 25.7 Å². The highest BCUT2D eigenvalue weighted by molar-refractivity contribution is 5.54. The lowest BCUT2D eigenvalue weighted by Gasteiger charge is -2.20. The molecule has 6 heteroatoms. The Morgan fingerprint density at radius 3 is 3.17 bits per heavy atom. The summed E-state index contributed by atoms with van der Waals surface area (Å²) in [5.41, 5.74) is 1.83. The second-order valence-corrected chi connectivity index (χ2v) is 4.84. The van der Waals surface area contributed by atoms with Crippen LogP contribution in [0.25, 0.3) is 11.5 Å². The summed E-state index contributed by atoms with van der Waals surface area (Å²) in [6, 6.07) is 0. The largest absolute Gasteiger partial charge is 0.334 e. The Labute approximate surface area is 105 Å². The van der Waals surface area contributed by atoms with Crippen LogP contribution in [0.2, 0.25) is 0 Å². The van der Waals surface area contributed by atoms with Crippen molar-refractivity contribution in [3.8, 4) is 11.5 Å². The van der Waals surface area contributed by atoms with Crippen molar-refractivity contribution in [3.63, 3.8) is 0 Å². The van der Waals surface area contributed by atoms with E-state index < -0.39 is 0 Å². The third kappa shape index (κ3) is 2.28. The van der Waals surface area contributed by atoms with E-state index in [4.69, 9.17) is 4.52 Å². The van der Waals surface area contributed by atoms with Crippen molar-refractivity contribution in [1.82, 2.24) is 25.7 Å². The number of hydrogen-bond acceptors (Lipinski definition) is 5. The predicted molar refractivity (Wildman–Crippen MR) is 65.9 cm³/mol. The van der Waals surface area contributed by atoms with Gasteiger partial charge in [0.1, 0.15) is 0 Å². The number of piperidine rings is 1. The topological polar surface area (TPSA) is 79.6 Å². The number of H-pyrrole nitrogens is 1. The van der Waals surface area contributed by atoms with Gasteiger partial charge in [-0.05, 0) is 38.8 Å². The molecule has 0 amide bonds. The van der Waals surface area contributed by atoms with Gasteiger partial charge in [0, 0.05) is 12.1 Å². The molecule has 2 N–H and O–H groups in total. The summed E-state index contributed by atoms with van der Waals surface area (Å²) in [5.74, 6) is 1.97. The van der Waals surface area contributed by atoms with E-state index in [0.29, 0.717) is 11.8 Å². The molecule has 1 aliphatic heterocycles. The van der Waals surface area contributed by atoms with Gasteiger partial charge in [0.15, 0.2) is 5.82 Å². The molecule has 0 aliphatic carbocycles. The monoisotopic (exact) mass is 247 g/mol. The molecule has 18 heavy (non-hydrogen) atoms. The summed E-state index contributed by atoms with van der Waals surface area (Å²) >= 11 is 0. The number of nitrogens with one attached hydrogen (secondary N) is 2. The molecule has 3 heterocycles. The number of rotatable bonds is 3. The molecule has 96 valence electrons. The highest BCUT2D eigenvalue weighted by atomic mass is 16.5. The van der Waals surface area contributed by atoms with Crippen LogP contribution in [-0.2, 0) is 6.42 Å². The highest BCUT2D eigenvalue weighted by Gasteiger charge is 2.18. The number of nitrogens with zero attached hydrogens (tertiary/aromatic N) is 3. The Hall–Kier alpha value is -1.69. The maximum atomic E-state index is 5.29.